The highest BCUT2D eigenvalue weighted by molar-refractivity contribution is 5.91. The summed E-state index contributed by atoms with van der Waals surface area (Å²) in [5, 5.41) is 32.5. The second kappa shape index (κ2) is 7.98. The van der Waals surface area contributed by atoms with E-state index in [9.17, 15) is 19.5 Å². The van der Waals surface area contributed by atoms with Crippen LogP contribution in [0.3, 0.4) is 0 Å². The van der Waals surface area contributed by atoms with Crippen molar-refractivity contribution in [3.05, 3.63) is 35.9 Å². The van der Waals surface area contributed by atoms with Crippen LogP contribution in [0, 0.1) is 0 Å². The van der Waals surface area contributed by atoms with Crippen molar-refractivity contribution in [3.63, 3.8) is 0 Å². The van der Waals surface area contributed by atoms with Gasteiger partial charge in [-0.25, -0.2) is 9.90 Å². The van der Waals surface area contributed by atoms with E-state index < -0.39 is 43.1 Å². The van der Waals surface area contributed by atoms with E-state index in [1.807, 2.05) is 0 Å². The molecule has 0 spiro atoms. The van der Waals surface area contributed by atoms with Gasteiger partial charge in [0, 0.05) is 0 Å². The molecule has 0 unspecified atom stereocenters. The molecule has 1 radical (unpaired) electrons. The van der Waals surface area contributed by atoms with Crippen LogP contribution < -0.4 is 10.6 Å². The first kappa shape index (κ1) is 16.6. The number of aliphatic carboxylic acids is 1. The lowest BCUT2D eigenvalue weighted by atomic mass is 10.1. The summed E-state index contributed by atoms with van der Waals surface area (Å²) in [5.74, 6) is -3.13. The van der Waals surface area contributed by atoms with Gasteiger partial charge in [-0.2, -0.15) is 0 Å². The van der Waals surface area contributed by atoms with Gasteiger partial charge in [-0.1, -0.05) is 30.3 Å². The summed E-state index contributed by atoms with van der Waals surface area (Å²) in [6.07, 6.45) is 0. The smallest absolute Gasteiger partial charge is 0.328 e. The van der Waals surface area contributed by atoms with Crippen molar-refractivity contribution >= 4 is 17.8 Å². The van der Waals surface area contributed by atoms with Gasteiger partial charge >= 0.3 is 5.97 Å². The highest BCUT2D eigenvalue weighted by Crippen LogP contribution is 2.13. The third-order valence-corrected chi connectivity index (χ3v) is 2.63. The van der Waals surface area contributed by atoms with E-state index in [0.717, 1.165) is 0 Å². The van der Waals surface area contributed by atoms with Crippen LogP contribution in [0.5, 0.6) is 0 Å². The molecule has 0 saturated heterocycles. The number of carbonyl (C=O) groups is 3. The minimum absolute atomic E-state index is 0.388. The molecule has 0 heterocycles. The molecule has 1 rings (SSSR count). The van der Waals surface area contributed by atoms with Crippen molar-refractivity contribution in [2.75, 3.05) is 13.2 Å². The largest absolute Gasteiger partial charge is 0.480 e. The lowest BCUT2D eigenvalue weighted by Crippen LogP contribution is -2.49. The maximum atomic E-state index is 12.1. The molecule has 1 aromatic rings. The van der Waals surface area contributed by atoms with Crippen LogP contribution in [0.4, 0.5) is 0 Å². The second-order valence-corrected chi connectivity index (χ2v) is 4.14. The van der Waals surface area contributed by atoms with Gasteiger partial charge in [0.1, 0.15) is 12.1 Å². The topological polar surface area (TPSA) is 136 Å². The molecule has 0 bridgehead atoms. The predicted octanol–water partition coefficient (Wildman–Crippen LogP) is -1.16. The molecule has 0 aliphatic heterocycles. The van der Waals surface area contributed by atoms with Gasteiger partial charge in [0.15, 0.2) is 6.61 Å². The summed E-state index contributed by atoms with van der Waals surface area (Å²) >= 11 is 0. The molecule has 2 amide bonds. The van der Waals surface area contributed by atoms with Crippen molar-refractivity contribution in [2.45, 2.75) is 12.1 Å². The van der Waals surface area contributed by atoms with E-state index in [2.05, 4.69) is 10.6 Å². The summed E-state index contributed by atoms with van der Waals surface area (Å²) in [7, 11) is 0. The number of carboxylic acids is 1. The molecule has 2 atom stereocenters. The van der Waals surface area contributed by atoms with E-state index in [-0.39, 0.29) is 0 Å². The quantitative estimate of drug-likeness (QED) is 0.503. The summed E-state index contributed by atoms with van der Waals surface area (Å²) in [6, 6.07) is 5.34. The Morgan fingerprint density at radius 3 is 2.19 bits per heavy atom. The molecule has 1 aromatic carbocycles. The Hall–Kier alpha value is -2.45. The van der Waals surface area contributed by atoms with Gasteiger partial charge in [0.25, 0.3) is 0 Å². The zero-order chi connectivity index (χ0) is 15.8. The highest BCUT2D eigenvalue weighted by atomic mass is 16.4. The van der Waals surface area contributed by atoms with E-state index in [1.165, 1.54) is 0 Å². The van der Waals surface area contributed by atoms with Crippen LogP contribution >= 0.6 is 0 Å². The lowest BCUT2D eigenvalue weighted by Gasteiger charge is -2.20. The Kier molecular flexibility index (Phi) is 6.31. The normalized spacial score (nSPS) is 13.0. The number of rotatable bonds is 7. The van der Waals surface area contributed by atoms with Crippen molar-refractivity contribution < 1.29 is 29.7 Å². The Morgan fingerprint density at radius 1 is 1.10 bits per heavy atom. The maximum Gasteiger partial charge on any atom is 0.328 e. The van der Waals surface area contributed by atoms with E-state index in [4.69, 9.17) is 10.2 Å². The third-order valence-electron chi connectivity index (χ3n) is 2.63. The number of carboxylic acid groups (broad SMARTS) is 1. The molecule has 0 aromatic heterocycles. The SMILES string of the molecule is [O]CC(=O)N[C@@H](C(=O)N[C@@H](CO)C(=O)O)c1ccccc1. The first-order chi connectivity index (χ1) is 9.99. The number of hydrogen-bond acceptors (Lipinski definition) is 4. The Morgan fingerprint density at radius 2 is 1.71 bits per heavy atom. The first-order valence-corrected chi connectivity index (χ1v) is 6.06. The predicted molar refractivity (Wildman–Crippen MR) is 69.5 cm³/mol. The van der Waals surface area contributed by atoms with Gasteiger partial charge in [-0.05, 0) is 5.56 Å². The average molecular weight is 295 g/mol. The minimum Gasteiger partial charge on any atom is -0.480 e. The number of carbonyl (C=O) groups excluding carboxylic acids is 2. The molecular formula is C13H15N2O6. The maximum absolute atomic E-state index is 12.1. The number of hydrogen-bond donors (Lipinski definition) is 4. The fourth-order valence-corrected chi connectivity index (χ4v) is 1.59. The van der Waals surface area contributed by atoms with E-state index >= 15 is 0 Å². The summed E-state index contributed by atoms with van der Waals surface area (Å²) in [5.41, 5.74) is 0.388. The molecule has 113 valence electrons. The van der Waals surface area contributed by atoms with E-state index in [0.29, 0.717) is 5.56 Å². The second-order valence-electron chi connectivity index (χ2n) is 4.14. The molecule has 8 heteroatoms. The molecule has 4 N–H and O–H groups in total. The first-order valence-electron chi connectivity index (χ1n) is 6.06. The molecular weight excluding hydrogens is 280 g/mol. The number of aliphatic hydroxyl groups is 1. The summed E-state index contributed by atoms with van der Waals surface area (Å²) in [6.45, 7) is -1.85. The van der Waals surface area contributed by atoms with Crippen LogP contribution in [0.1, 0.15) is 11.6 Å². The van der Waals surface area contributed by atoms with Gasteiger partial charge < -0.3 is 20.8 Å². The third kappa shape index (κ3) is 4.86. The van der Waals surface area contributed by atoms with Crippen LogP contribution in [0.2, 0.25) is 0 Å². The average Bonchev–Trinajstić information content (AvgIpc) is 2.50. The molecule has 0 aliphatic carbocycles. The summed E-state index contributed by atoms with van der Waals surface area (Å²) < 4.78 is 0. The number of amides is 2. The lowest BCUT2D eigenvalue weighted by molar-refractivity contribution is -0.143. The van der Waals surface area contributed by atoms with E-state index in [1.54, 1.807) is 30.3 Å². The van der Waals surface area contributed by atoms with Crippen LogP contribution in [-0.2, 0) is 19.5 Å². The highest BCUT2D eigenvalue weighted by Gasteiger charge is 2.27. The van der Waals surface area contributed by atoms with Gasteiger partial charge in [-0.15, -0.1) is 0 Å². The number of aliphatic hydroxyl groups excluding tert-OH is 1. The Balaban J connectivity index is 2.93. The van der Waals surface area contributed by atoms with Crippen molar-refractivity contribution in [2.24, 2.45) is 0 Å². The van der Waals surface area contributed by atoms with Crippen LogP contribution in [0.15, 0.2) is 30.3 Å². The van der Waals surface area contributed by atoms with Crippen molar-refractivity contribution in [3.8, 4) is 0 Å². The van der Waals surface area contributed by atoms with Gasteiger partial charge in [0.05, 0.1) is 6.61 Å². The van der Waals surface area contributed by atoms with Crippen LogP contribution in [0.25, 0.3) is 0 Å². The fraction of sp³-hybridized carbons (Fsp3) is 0.308. The zero-order valence-corrected chi connectivity index (χ0v) is 11.0. The standard InChI is InChI=1S/C13H15N2O6/c16-6-9(13(20)21)14-12(19)11(15-10(18)7-17)8-4-2-1-3-5-8/h1-5,9,11,16H,6-7H2,(H,14,19)(H,15,18)(H,20,21)/t9-,11+/m0/s1. The molecule has 21 heavy (non-hydrogen) atoms. The number of benzene rings is 1. The number of nitrogens with one attached hydrogen (secondary N) is 2. The van der Waals surface area contributed by atoms with Crippen molar-refractivity contribution in [1.82, 2.24) is 10.6 Å². The molecule has 8 nitrogen and oxygen atoms in total. The van der Waals surface area contributed by atoms with Crippen molar-refractivity contribution in [1.29, 1.82) is 0 Å². The minimum atomic E-state index is -1.49. The van der Waals surface area contributed by atoms with Crippen LogP contribution in [-0.4, -0.2) is 47.3 Å². The van der Waals surface area contributed by atoms with Gasteiger partial charge in [0.2, 0.25) is 11.8 Å². The molecule has 0 fully saturated rings. The monoisotopic (exact) mass is 295 g/mol. The Labute approximate surface area is 120 Å². The molecule has 0 saturated carbocycles. The Bertz CT molecular complexity index is 505. The summed E-state index contributed by atoms with van der Waals surface area (Å²) in [4.78, 5) is 34.1. The molecule has 0 aliphatic rings. The van der Waals surface area contributed by atoms with Gasteiger partial charge in [-0.3, -0.25) is 9.59 Å². The fourth-order valence-electron chi connectivity index (χ4n) is 1.59. The zero-order valence-electron chi connectivity index (χ0n) is 11.0.